The number of aliphatic hydroxyl groups is 1. The van der Waals surface area contributed by atoms with Gasteiger partial charge in [-0.15, -0.1) is 0 Å². The second-order valence-electron chi connectivity index (χ2n) is 3.12. The lowest BCUT2D eigenvalue weighted by Crippen LogP contribution is -1.97. The Bertz CT molecular complexity index is 516. The number of fused-ring (bicyclic) bond motifs is 1. The summed E-state index contributed by atoms with van der Waals surface area (Å²) in [6, 6.07) is 5.47. The Kier molecular flexibility index (Phi) is 3.26. The van der Waals surface area contributed by atoms with Crippen molar-refractivity contribution in [1.29, 1.82) is 0 Å². The maximum absolute atomic E-state index is 8.76. The summed E-state index contributed by atoms with van der Waals surface area (Å²) in [4.78, 5) is 4.25. The highest BCUT2D eigenvalue weighted by Gasteiger charge is 2.07. The number of halogens is 1. The summed E-state index contributed by atoms with van der Waals surface area (Å²) in [7, 11) is 1.55. The molecule has 0 aliphatic heterocycles. The number of ether oxygens (including phenoxy) is 2. The maximum atomic E-state index is 8.76. The fourth-order valence-electron chi connectivity index (χ4n) is 1.45. The molecular weight excluding hydrogens is 274 g/mol. The second kappa shape index (κ2) is 4.67. The first-order valence-electron chi connectivity index (χ1n) is 4.61. The van der Waals surface area contributed by atoms with Crippen molar-refractivity contribution in [2.24, 2.45) is 0 Å². The monoisotopic (exact) mass is 283 g/mol. The number of hydrogen-bond acceptors (Lipinski definition) is 4. The van der Waals surface area contributed by atoms with Crippen LogP contribution in [0.4, 0.5) is 0 Å². The zero-order valence-corrected chi connectivity index (χ0v) is 10.2. The van der Waals surface area contributed by atoms with Crippen LogP contribution in [0.1, 0.15) is 0 Å². The van der Waals surface area contributed by atoms with Gasteiger partial charge in [0.2, 0.25) is 0 Å². The Morgan fingerprint density at radius 3 is 2.81 bits per heavy atom. The molecule has 0 amide bonds. The molecule has 1 aromatic carbocycles. The number of nitrogens with zero attached hydrogens (tertiary/aromatic N) is 1. The van der Waals surface area contributed by atoms with E-state index in [1.165, 1.54) is 0 Å². The van der Waals surface area contributed by atoms with E-state index in [4.69, 9.17) is 14.6 Å². The van der Waals surface area contributed by atoms with Crippen molar-refractivity contribution in [2.75, 3.05) is 13.9 Å². The Morgan fingerprint density at radius 2 is 2.12 bits per heavy atom. The molecule has 1 aromatic heterocycles. The van der Waals surface area contributed by atoms with Gasteiger partial charge in [-0.25, -0.2) is 0 Å². The lowest BCUT2D eigenvalue weighted by Gasteiger charge is -2.09. The van der Waals surface area contributed by atoms with Crippen LogP contribution in [-0.2, 0) is 0 Å². The first-order valence-corrected chi connectivity index (χ1v) is 5.41. The van der Waals surface area contributed by atoms with E-state index in [0.29, 0.717) is 11.5 Å². The third-order valence-corrected chi connectivity index (χ3v) is 2.59. The van der Waals surface area contributed by atoms with E-state index in [1.54, 1.807) is 25.4 Å². The van der Waals surface area contributed by atoms with Gasteiger partial charge in [0.25, 0.3) is 0 Å². The maximum Gasteiger partial charge on any atom is 0.186 e. The lowest BCUT2D eigenvalue weighted by atomic mass is 10.2. The molecule has 0 saturated heterocycles. The number of aliphatic hydroxyl groups excluding tert-OH is 1. The molecule has 0 bridgehead atoms. The quantitative estimate of drug-likeness (QED) is 0.879. The predicted molar refractivity (Wildman–Crippen MR) is 63.7 cm³/mol. The molecule has 16 heavy (non-hydrogen) atoms. The minimum Gasteiger partial charge on any atom is -0.493 e. The minimum atomic E-state index is -0.386. The largest absolute Gasteiger partial charge is 0.493 e. The Balaban J connectivity index is 2.60. The van der Waals surface area contributed by atoms with Crippen LogP contribution in [0.3, 0.4) is 0 Å². The number of pyridine rings is 1. The average Bonchev–Trinajstić information content (AvgIpc) is 2.28. The summed E-state index contributed by atoms with van der Waals surface area (Å²) < 4.78 is 11.1. The molecule has 2 rings (SSSR count). The van der Waals surface area contributed by atoms with Gasteiger partial charge in [-0.1, -0.05) is 0 Å². The van der Waals surface area contributed by atoms with Gasteiger partial charge in [0.05, 0.1) is 12.6 Å². The third-order valence-electron chi connectivity index (χ3n) is 2.15. The number of benzene rings is 1. The van der Waals surface area contributed by atoms with Crippen LogP contribution in [0.5, 0.6) is 11.5 Å². The molecule has 0 radical (unpaired) electrons. The summed E-state index contributed by atoms with van der Waals surface area (Å²) >= 11 is 3.35. The van der Waals surface area contributed by atoms with Crippen molar-refractivity contribution >= 4 is 26.8 Å². The molecule has 0 spiro atoms. The standard InChI is InChI=1S/C11H10BrNO3/c1-15-10-4-9-7(2-8(12)5-13-9)3-11(10)16-6-14/h2-5,14H,6H2,1H3. The van der Waals surface area contributed by atoms with Crippen LogP contribution in [0.15, 0.2) is 28.9 Å². The minimum absolute atomic E-state index is 0.386. The van der Waals surface area contributed by atoms with E-state index in [2.05, 4.69) is 20.9 Å². The molecule has 1 N–H and O–H groups in total. The van der Waals surface area contributed by atoms with Gasteiger partial charge in [0.1, 0.15) is 0 Å². The van der Waals surface area contributed by atoms with E-state index >= 15 is 0 Å². The van der Waals surface area contributed by atoms with Gasteiger partial charge in [-0.2, -0.15) is 0 Å². The highest BCUT2D eigenvalue weighted by Crippen LogP contribution is 2.32. The lowest BCUT2D eigenvalue weighted by molar-refractivity contribution is 0.0956. The predicted octanol–water partition coefficient (Wildman–Crippen LogP) is 2.33. The molecule has 0 unspecified atom stereocenters. The summed E-state index contributed by atoms with van der Waals surface area (Å²) in [5.41, 5.74) is 0.810. The van der Waals surface area contributed by atoms with Gasteiger partial charge < -0.3 is 14.6 Å². The van der Waals surface area contributed by atoms with Crippen molar-refractivity contribution in [3.63, 3.8) is 0 Å². The normalized spacial score (nSPS) is 10.4. The van der Waals surface area contributed by atoms with Crippen LogP contribution in [0.25, 0.3) is 10.9 Å². The average molecular weight is 284 g/mol. The molecule has 0 aliphatic rings. The van der Waals surface area contributed by atoms with Crippen molar-refractivity contribution < 1.29 is 14.6 Å². The van der Waals surface area contributed by atoms with E-state index in [9.17, 15) is 0 Å². The van der Waals surface area contributed by atoms with Crippen LogP contribution >= 0.6 is 15.9 Å². The van der Waals surface area contributed by atoms with Crippen molar-refractivity contribution in [3.8, 4) is 11.5 Å². The number of rotatable bonds is 3. The van der Waals surface area contributed by atoms with Crippen molar-refractivity contribution in [3.05, 3.63) is 28.9 Å². The van der Waals surface area contributed by atoms with Crippen LogP contribution in [0.2, 0.25) is 0 Å². The van der Waals surface area contributed by atoms with Gasteiger partial charge in [-0.3, -0.25) is 4.98 Å². The van der Waals surface area contributed by atoms with Gasteiger partial charge in [-0.05, 0) is 28.1 Å². The molecule has 0 atom stereocenters. The SMILES string of the molecule is COc1cc2ncc(Br)cc2cc1OCO. The second-order valence-corrected chi connectivity index (χ2v) is 4.04. The van der Waals surface area contributed by atoms with E-state index in [0.717, 1.165) is 15.4 Å². The Labute approximate surface area is 101 Å². The molecule has 5 heteroatoms. The van der Waals surface area contributed by atoms with E-state index in [-0.39, 0.29) is 6.79 Å². The third kappa shape index (κ3) is 2.10. The highest BCUT2D eigenvalue weighted by molar-refractivity contribution is 9.10. The molecule has 0 aliphatic carbocycles. The van der Waals surface area contributed by atoms with E-state index in [1.807, 2.05) is 6.07 Å². The smallest absolute Gasteiger partial charge is 0.186 e. The number of methoxy groups -OCH3 is 1. The summed E-state index contributed by atoms with van der Waals surface area (Å²) in [5, 5.41) is 9.68. The number of hydrogen-bond donors (Lipinski definition) is 1. The zero-order chi connectivity index (χ0) is 11.5. The fraction of sp³-hybridized carbons (Fsp3) is 0.182. The zero-order valence-electron chi connectivity index (χ0n) is 8.61. The van der Waals surface area contributed by atoms with Crippen LogP contribution in [-0.4, -0.2) is 24.0 Å². The molecule has 4 nitrogen and oxygen atoms in total. The van der Waals surface area contributed by atoms with Crippen molar-refractivity contribution in [1.82, 2.24) is 4.98 Å². The molecule has 1 heterocycles. The highest BCUT2D eigenvalue weighted by atomic mass is 79.9. The molecule has 0 fully saturated rings. The van der Waals surface area contributed by atoms with Gasteiger partial charge >= 0.3 is 0 Å². The Hall–Kier alpha value is -1.33. The van der Waals surface area contributed by atoms with E-state index < -0.39 is 0 Å². The molecular formula is C11H10BrNO3. The fourth-order valence-corrected chi connectivity index (χ4v) is 1.80. The van der Waals surface area contributed by atoms with Crippen LogP contribution < -0.4 is 9.47 Å². The van der Waals surface area contributed by atoms with Crippen molar-refractivity contribution in [2.45, 2.75) is 0 Å². The van der Waals surface area contributed by atoms with Gasteiger partial charge in [0, 0.05) is 22.1 Å². The van der Waals surface area contributed by atoms with Crippen LogP contribution in [0, 0.1) is 0 Å². The summed E-state index contributed by atoms with van der Waals surface area (Å²) in [6.07, 6.45) is 1.72. The molecule has 84 valence electrons. The van der Waals surface area contributed by atoms with Gasteiger partial charge in [0.15, 0.2) is 18.3 Å². The first kappa shape index (κ1) is 11.2. The Morgan fingerprint density at radius 1 is 1.31 bits per heavy atom. The summed E-state index contributed by atoms with van der Waals surface area (Å²) in [6.45, 7) is -0.386. The topological polar surface area (TPSA) is 51.6 Å². The summed E-state index contributed by atoms with van der Waals surface area (Å²) in [5.74, 6) is 1.05. The molecule has 0 saturated carbocycles. The first-order chi connectivity index (χ1) is 7.74. The number of aromatic nitrogens is 1. The molecule has 2 aromatic rings.